The number of nitrogens with one attached hydrogen (secondary N) is 1. The molecule has 0 saturated heterocycles. The molecule has 1 aromatic rings. The lowest BCUT2D eigenvalue weighted by atomic mass is 10.1. The highest BCUT2D eigenvalue weighted by Crippen LogP contribution is 2.32. The molecule has 0 saturated carbocycles. The van der Waals surface area contributed by atoms with Crippen LogP contribution in [0.4, 0.5) is 0 Å². The van der Waals surface area contributed by atoms with Gasteiger partial charge in [-0.1, -0.05) is 22.9 Å². The number of aliphatic hydroxyl groups is 1. The van der Waals surface area contributed by atoms with Crippen molar-refractivity contribution in [1.82, 2.24) is 5.32 Å². The van der Waals surface area contributed by atoms with Crippen LogP contribution >= 0.6 is 15.9 Å². The summed E-state index contributed by atoms with van der Waals surface area (Å²) >= 11 is 3.39. The number of aliphatic hydroxyl groups excluding tert-OH is 1. The van der Waals surface area contributed by atoms with E-state index in [0.717, 1.165) is 16.6 Å². The minimum absolute atomic E-state index is 0.117. The van der Waals surface area contributed by atoms with Gasteiger partial charge in [0.15, 0.2) is 11.5 Å². The van der Waals surface area contributed by atoms with Crippen LogP contribution in [-0.4, -0.2) is 30.5 Å². The van der Waals surface area contributed by atoms with Gasteiger partial charge in [-0.3, -0.25) is 0 Å². The molecule has 1 unspecified atom stereocenters. The van der Waals surface area contributed by atoms with E-state index in [0.29, 0.717) is 12.3 Å². The van der Waals surface area contributed by atoms with Gasteiger partial charge in [-0.2, -0.15) is 0 Å². The fraction of sp³-hybridized carbons (Fsp3) is 0.500. The van der Waals surface area contributed by atoms with E-state index in [4.69, 9.17) is 9.84 Å². The molecular weight excluding hydrogens is 286 g/mol. The van der Waals surface area contributed by atoms with Crippen molar-refractivity contribution in [3.8, 4) is 11.5 Å². The fourth-order valence-corrected chi connectivity index (χ4v) is 1.87. The molecule has 1 rings (SSSR count). The monoisotopic (exact) mass is 303 g/mol. The van der Waals surface area contributed by atoms with Gasteiger partial charge in [0.25, 0.3) is 0 Å². The first-order valence-electron chi connectivity index (χ1n) is 5.45. The maximum Gasteiger partial charge on any atom is 0.160 e. The molecule has 0 fully saturated rings. The number of halogens is 1. The normalized spacial score (nSPS) is 12.5. The topological polar surface area (TPSA) is 61.7 Å². The van der Waals surface area contributed by atoms with Crippen molar-refractivity contribution in [2.75, 3.05) is 20.3 Å². The Morgan fingerprint density at radius 3 is 2.76 bits per heavy atom. The lowest BCUT2D eigenvalue weighted by Crippen LogP contribution is -2.22. The summed E-state index contributed by atoms with van der Waals surface area (Å²) in [5.41, 5.74) is 1.00. The van der Waals surface area contributed by atoms with Crippen LogP contribution in [0.3, 0.4) is 0 Å². The number of rotatable bonds is 6. The lowest BCUT2D eigenvalue weighted by Gasteiger charge is -2.12. The average molecular weight is 304 g/mol. The Morgan fingerprint density at radius 2 is 2.18 bits per heavy atom. The smallest absolute Gasteiger partial charge is 0.160 e. The molecular formula is C12H18BrNO3. The predicted octanol–water partition coefficient (Wildman–Crippen LogP) is 1.88. The van der Waals surface area contributed by atoms with Crippen molar-refractivity contribution in [3.63, 3.8) is 0 Å². The second-order valence-corrected chi connectivity index (χ2v) is 4.89. The van der Waals surface area contributed by atoms with Gasteiger partial charge in [-0.05, 0) is 23.6 Å². The van der Waals surface area contributed by atoms with E-state index in [9.17, 15) is 5.11 Å². The molecule has 0 amide bonds. The fourth-order valence-electron chi connectivity index (χ4n) is 1.40. The molecule has 0 aliphatic carbocycles. The number of phenols is 1. The number of hydrogen-bond acceptors (Lipinski definition) is 4. The van der Waals surface area contributed by atoms with Gasteiger partial charge in [0, 0.05) is 24.2 Å². The summed E-state index contributed by atoms with van der Waals surface area (Å²) in [7, 11) is 1.52. The van der Waals surface area contributed by atoms with Gasteiger partial charge in [-0.15, -0.1) is 0 Å². The number of ether oxygens (including phenoxy) is 1. The summed E-state index contributed by atoms with van der Waals surface area (Å²) in [6.45, 7) is 3.54. The summed E-state index contributed by atoms with van der Waals surface area (Å²) in [6, 6.07) is 3.40. The molecule has 0 aliphatic heterocycles. The van der Waals surface area contributed by atoms with Gasteiger partial charge >= 0.3 is 0 Å². The minimum Gasteiger partial charge on any atom is -0.504 e. The van der Waals surface area contributed by atoms with Crippen LogP contribution in [0, 0.1) is 5.92 Å². The molecule has 1 atom stereocenters. The molecule has 0 aromatic heterocycles. The molecule has 96 valence electrons. The predicted molar refractivity (Wildman–Crippen MR) is 70.3 cm³/mol. The van der Waals surface area contributed by atoms with Crippen molar-refractivity contribution >= 4 is 15.9 Å². The third-order valence-electron chi connectivity index (χ3n) is 2.47. The zero-order chi connectivity index (χ0) is 12.8. The van der Waals surface area contributed by atoms with E-state index in [-0.39, 0.29) is 18.3 Å². The summed E-state index contributed by atoms with van der Waals surface area (Å²) in [6.07, 6.45) is 0. The van der Waals surface area contributed by atoms with Crippen LogP contribution in [0.15, 0.2) is 16.6 Å². The average Bonchev–Trinajstić information content (AvgIpc) is 2.31. The van der Waals surface area contributed by atoms with E-state index in [1.54, 1.807) is 12.1 Å². The molecule has 0 heterocycles. The van der Waals surface area contributed by atoms with E-state index >= 15 is 0 Å². The van der Waals surface area contributed by atoms with Crippen LogP contribution < -0.4 is 10.1 Å². The summed E-state index contributed by atoms with van der Waals surface area (Å²) in [5, 5.41) is 21.7. The van der Waals surface area contributed by atoms with Crippen molar-refractivity contribution < 1.29 is 14.9 Å². The molecule has 17 heavy (non-hydrogen) atoms. The van der Waals surface area contributed by atoms with Crippen LogP contribution in [0.5, 0.6) is 11.5 Å². The first kappa shape index (κ1) is 14.3. The molecule has 0 spiro atoms. The van der Waals surface area contributed by atoms with Crippen LogP contribution in [0.1, 0.15) is 12.5 Å². The summed E-state index contributed by atoms with van der Waals surface area (Å²) < 4.78 is 5.88. The van der Waals surface area contributed by atoms with Crippen LogP contribution in [-0.2, 0) is 6.54 Å². The number of hydrogen-bond donors (Lipinski definition) is 3. The Hall–Kier alpha value is -0.780. The summed E-state index contributed by atoms with van der Waals surface area (Å²) in [4.78, 5) is 0. The molecule has 0 radical (unpaired) electrons. The number of methoxy groups -OCH3 is 1. The van der Waals surface area contributed by atoms with Crippen molar-refractivity contribution in [2.45, 2.75) is 13.5 Å². The van der Waals surface area contributed by atoms with E-state index < -0.39 is 0 Å². The lowest BCUT2D eigenvalue weighted by molar-refractivity contribution is 0.233. The largest absolute Gasteiger partial charge is 0.504 e. The zero-order valence-electron chi connectivity index (χ0n) is 10.0. The SMILES string of the molecule is COc1cc(CNCC(C)CO)c(Br)cc1O. The second-order valence-electron chi connectivity index (χ2n) is 4.03. The highest BCUT2D eigenvalue weighted by atomic mass is 79.9. The Kier molecular flexibility index (Phi) is 5.74. The van der Waals surface area contributed by atoms with Crippen molar-refractivity contribution in [1.29, 1.82) is 0 Å². The third-order valence-corrected chi connectivity index (χ3v) is 3.21. The van der Waals surface area contributed by atoms with Crippen molar-refractivity contribution in [2.24, 2.45) is 5.92 Å². The minimum atomic E-state index is 0.117. The number of aromatic hydroxyl groups is 1. The standard InChI is InChI=1S/C12H18BrNO3/c1-8(7-15)5-14-6-9-3-12(17-2)11(16)4-10(9)13/h3-4,8,14-16H,5-7H2,1-2H3. The molecule has 5 heteroatoms. The van der Waals surface area contributed by atoms with Gasteiger partial charge in [0.1, 0.15) is 0 Å². The second kappa shape index (κ2) is 6.83. The van der Waals surface area contributed by atoms with Crippen LogP contribution in [0.2, 0.25) is 0 Å². The molecule has 3 N–H and O–H groups in total. The maximum absolute atomic E-state index is 9.56. The Bertz CT molecular complexity index is 371. The molecule has 4 nitrogen and oxygen atoms in total. The number of benzene rings is 1. The maximum atomic E-state index is 9.56. The Labute approximate surface area is 110 Å². The first-order chi connectivity index (χ1) is 8.08. The number of phenolic OH excluding ortho intramolecular Hbond substituents is 1. The first-order valence-corrected chi connectivity index (χ1v) is 6.24. The highest BCUT2D eigenvalue weighted by molar-refractivity contribution is 9.10. The van der Waals surface area contributed by atoms with Gasteiger partial charge < -0.3 is 20.3 Å². The zero-order valence-corrected chi connectivity index (χ0v) is 11.6. The van der Waals surface area contributed by atoms with Crippen LogP contribution in [0.25, 0.3) is 0 Å². The van der Waals surface area contributed by atoms with Gasteiger partial charge in [0.2, 0.25) is 0 Å². The van der Waals surface area contributed by atoms with E-state index in [1.807, 2.05) is 6.92 Å². The summed E-state index contributed by atoms with van der Waals surface area (Å²) in [5.74, 6) is 0.805. The van der Waals surface area contributed by atoms with E-state index in [2.05, 4.69) is 21.2 Å². The van der Waals surface area contributed by atoms with E-state index in [1.165, 1.54) is 7.11 Å². The molecule has 0 aliphatic rings. The highest BCUT2D eigenvalue weighted by Gasteiger charge is 2.08. The Balaban J connectivity index is 2.64. The Morgan fingerprint density at radius 1 is 1.47 bits per heavy atom. The molecule has 0 bridgehead atoms. The third kappa shape index (κ3) is 4.18. The van der Waals surface area contributed by atoms with Gasteiger partial charge in [-0.25, -0.2) is 0 Å². The van der Waals surface area contributed by atoms with Crippen molar-refractivity contribution in [3.05, 3.63) is 22.2 Å². The quantitative estimate of drug-likeness (QED) is 0.751. The molecule has 1 aromatic carbocycles. The van der Waals surface area contributed by atoms with Gasteiger partial charge in [0.05, 0.1) is 7.11 Å².